The number of carbonyl (C=O) groups is 1. The van der Waals surface area contributed by atoms with E-state index in [1.807, 2.05) is 54.6 Å². The van der Waals surface area contributed by atoms with Crippen LogP contribution in [0.1, 0.15) is 5.56 Å². The summed E-state index contributed by atoms with van der Waals surface area (Å²) in [5.74, 6) is 0.0866. The first kappa shape index (κ1) is 12.8. The number of benzene rings is 2. The highest BCUT2D eigenvalue weighted by Crippen LogP contribution is 2.15. The molecule has 0 fully saturated rings. The van der Waals surface area contributed by atoms with Crippen molar-refractivity contribution in [1.29, 1.82) is 0 Å². The van der Waals surface area contributed by atoms with Crippen molar-refractivity contribution in [3.63, 3.8) is 0 Å². The summed E-state index contributed by atoms with van der Waals surface area (Å²) >= 11 is 3.38. The van der Waals surface area contributed by atoms with Gasteiger partial charge in [-0.05, 0) is 29.8 Å². The molecule has 0 radical (unpaired) electrons. The first-order valence-electron chi connectivity index (χ1n) is 5.73. The van der Waals surface area contributed by atoms with Gasteiger partial charge in [0.1, 0.15) is 0 Å². The van der Waals surface area contributed by atoms with Gasteiger partial charge in [0.2, 0.25) is 5.91 Å². The molecule has 0 aliphatic heterocycles. The zero-order chi connectivity index (χ0) is 13.0. The molecule has 0 saturated heterocycles. The fraction of sp³-hybridized carbons (Fsp3) is 0.133. The van der Waals surface area contributed by atoms with Crippen molar-refractivity contribution in [2.24, 2.45) is 0 Å². The molecule has 2 nitrogen and oxygen atoms in total. The molecular formula is C15H14BrNO. The molecule has 0 saturated carbocycles. The summed E-state index contributed by atoms with van der Waals surface area (Å²) in [5.41, 5.74) is 1.94. The molecule has 1 amide bonds. The molecule has 2 aromatic rings. The van der Waals surface area contributed by atoms with E-state index >= 15 is 0 Å². The van der Waals surface area contributed by atoms with Crippen molar-refractivity contribution in [1.82, 2.24) is 0 Å². The van der Waals surface area contributed by atoms with Gasteiger partial charge in [-0.1, -0.05) is 46.3 Å². The lowest BCUT2D eigenvalue weighted by Crippen LogP contribution is -2.27. The molecule has 0 spiro atoms. The third kappa shape index (κ3) is 3.20. The highest BCUT2D eigenvalue weighted by molar-refractivity contribution is 9.10. The minimum atomic E-state index is 0.0866. The van der Waals surface area contributed by atoms with Crippen LogP contribution in [-0.2, 0) is 11.2 Å². The number of likely N-dealkylation sites (N-methyl/N-ethyl adjacent to an activating group) is 1. The van der Waals surface area contributed by atoms with Gasteiger partial charge in [0.15, 0.2) is 0 Å². The molecule has 0 bridgehead atoms. The lowest BCUT2D eigenvalue weighted by Gasteiger charge is -2.17. The van der Waals surface area contributed by atoms with Crippen molar-refractivity contribution in [2.75, 3.05) is 11.9 Å². The van der Waals surface area contributed by atoms with Gasteiger partial charge in [-0.2, -0.15) is 0 Å². The second kappa shape index (κ2) is 5.83. The fourth-order valence-electron chi connectivity index (χ4n) is 1.69. The highest BCUT2D eigenvalue weighted by atomic mass is 79.9. The molecular weight excluding hydrogens is 290 g/mol. The van der Waals surface area contributed by atoms with Crippen LogP contribution >= 0.6 is 15.9 Å². The van der Waals surface area contributed by atoms with Crippen LogP contribution in [0.2, 0.25) is 0 Å². The zero-order valence-electron chi connectivity index (χ0n) is 10.1. The Hall–Kier alpha value is -1.61. The number of amides is 1. The second-order valence-electron chi connectivity index (χ2n) is 4.09. The van der Waals surface area contributed by atoms with E-state index < -0.39 is 0 Å². The van der Waals surface area contributed by atoms with Gasteiger partial charge < -0.3 is 4.90 Å². The molecule has 0 aliphatic carbocycles. The van der Waals surface area contributed by atoms with Crippen LogP contribution < -0.4 is 4.90 Å². The largest absolute Gasteiger partial charge is 0.315 e. The normalized spacial score (nSPS) is 10.1. The van der Waals surface area contributed by atoms with Crippen LogP contribution in [0.3, 0.4) is 0 Å². The number of anilines is 1. The van der Waals surface area contributed by atoms with Crippen molar-refractivity contribution in [3.05, 3.63) is 64.6 Å². The van der Waals surface area contributed by atoms with Crippen molar-refractivity contribution in [3.8, 4) is 0 Å². The maximum atomic E-state index is 12.1. The Morgan fingerprint density at radius 1 is 1.06 bits per heavy atom. The highest BCUT2D eigenvalue weighted by Gasteiger charge is 2.10. The average Bonchev–Trinajstić information content (AvgIpc) is 2.41. The third-order valence-electron chi connectivity index (χ3n) is 2.79. The van der Waals surface area contributed by atoms with Gasteiger partial charge in [-0.3, -0.25) is 4.79 Å². The van der Waals surface area contributed by atoms with Crippen LogP contribution in [0.15, 0.2) is 59.1 Å². The van der Waals surface area contributed by atoms with Gasteiger partial charge in [0.25, 0.3) is 0 Å². The maximum Gasteiger partial charge on any atom is 0.231 e. The topological polar surface area (TPSA) is 20.3 Å². The molecule has 2 aromatic carbocycles. The zero-order valence-corrected chi connectivity index (χ0v) is 11.7. The van der Waals surface area contributed by atoms with E-state index in [-0.39, 0.29) is 5.91 Å². The second-order valence-corrected chi connectivity index (χ2v) is 5.01. The Kier molecular flexibility index (Phi) is 4.15. The molecule has 0 unspecified atom stereocenters. The Morgan fingerprint density at radius 3 is 2.28 bits per heavy atom. The first-order valence-corrected chi connectivity index (χ1v) is 6.52. The summed E-state index contributed by atoms with van der Waals surface area (Å²) in [4.78, 5) is 13.8. The Labute approximate surface area is 115 Å². The molecule has 0 atom stereocenters. The predicted octanol–water partition coefficient (Wildman–Crippen LogP) is 3.65. The maximum absolute atomic E-state index is 12.1. The van der Waals surface area contributed by atoms with Crippen LogP contribution in [0.4, 0.5) is 5.69 Å². The van der Waals surface area contributed by atoms with Crippen LogP contribution in [0, 0.1) is 0 Å². The van der Waals surface area contributed by atoms with Gasteiger partial charge in [-0.15, -0.1) is 0 Å². The van der Waals surface area contributed by atoms with Gasteiger partial charge in [0.05, 0.1) is 6.42 Å². The minimum absolute atomic E-state index is 0.0866. The summed E-state index contributed by atoms with van der Waals surface area (Å²) in [6.07, 6.45) is 0.415. The van der Waals surface area contributed by atoms with E-state index in [1.54, 1.807) is 11.9 Å². The van der Waals surface area contributed by atoms with Gasteiger partial charge in [-0.25, -0.2) is 0 Å². The number of hydrogen-bond donors (Lipinski definition) is 0. The van der Waals surface area contributed by atoms with Crippen molar-refractivity contribution in [2.45, 2.75) is 6.42 Å². The molecule has 2 rings (SSSR count). The van der Waals surface area contributed by atoms with Crippen LogP contribution in [-0.4, -0.2) is 13.0 Å². The monoisotopic (exact) mass is 303 g/mol. The Balaban J connectivity index is 2.06. The van der Waals surface area contributed by atoms with E-state index in [4.69, 9.17) is 0 Å². The lowest BCUT2D eigenvalue weighted by atomic mass is 10.1. The van der Waals surface area contributed by atoms with E-state index in [0.717, 1.165) is 15.7 Å². The van der Waals surface area contributed by atoms with Crippen molar-refractivity contribution >= 4 is 27.5 Å². The summed E-state index contributed by atoms with van der Waals surface area (Å²) in [6, 6.07) is 17.5. The number of halogens is 1. The van der Waals surface area contributed by atoms with Gasteiger partial charge >= 0.3 is 0 Å². The number of nitrogens with zero attached hydrogens (tertiary/aromatic N) is 1. The molecule has 0 heterocycles. The lowest BCUT2D eigenvalue weighted by molar-refractivity contribution is -0.117. The number of para-hydroxylation sites is 1. The fourth-order valence-corrected chi connectivity index (χ4v) is 1.96. The minimum Gasteiger partial charge on any atom is -0.315 e. The SMILES string of the molecule is CN(C(=O)Cc1ccc(Br)cc1)c1ccccc1. The van der Waals surface area contributed by atoms with E-state index in [1.165, 1.54) is 0 Å². The Morgan fingerprint density at radius 2 is 1.67 bits per heavy atom. The number of rotatable bonds is 3. The smallest absolute Gasteiger partial charge is 0.231 e. The van der Waals surface area contributed by atoms with E-state index in [9.17, 15) is 4.79 Å². The molecule has 0 N–H and O–H groups in total. The van der Waals surface area contributed by atoms with Crippen molar-refractivity contribution < 1.29 is 4.79 Å². The van der Waals surface area contributed by atoms with E-state index in [2.05, 4.69) is 15.9 Å². The van der Waals surface area contributed by atoms with Crippen LogP contribution in [0.25, 0.3) is 0 Å². The molecule has 92 valence electrons. The molecule has 0 aliphatic rings. The quantitative estimate of drug-likeness (QED) is 0.847. The average molecular weight is 304 g/mol. The molecule has 0 aromatic heterocycles. The Bertz CT molecular complexity index is 522. The number of carbonyl (C=O) groups excluding carboxylic acids is 1. The third-order valence-corrected chi connectivity index (χ3v) is 3.31. The first-order chi connectivity index (χ1) is 8.66. The molecule has 18 heavy (non-hydrogen) atoms. The predicted molar refractivity (Wildman–Crippen MR) is 77.7 cm³/mol. The summed E-state index contributed by atoms with van der Waals surface area (Å²) in [7, 11) is 1.80. The molecule has 3 heteroatoms. The summed E-state index contributed by atoms with van der Waals surface area (Å²) in [6.45, 7) is 0. The van der Waals surface area contributed by atoms with Crippen LogP contribution in [0.5, 0.6) is 0 Å². The summed E-state index contributed by atoms with van der Waals surface area (Å²) < 4.78 is 1.02. The summed E-state index contributed by atoms with van der Waals surface area (Å²) in [5, 5.41) is 0. The van der Waals surface area contributed by atoms with Gasteiger partial charge in [0, 0.05) is 17.2 Å². The number of hydrogen-bond acceptors (Lipinski definition) is 1. The standard InChI is InChI=1S/C15H14BrNO/c1-17(14-5-3-2-4-6-14)15(18)11-12-7-9-13(16)10-8-12/h2-10H,11H2,1H3. The van der Waals surface area contributed by atoms with E-state index in [0.29, 0.717) is 6.42 Å².